The lowest BCUT2D eigenvalue weighted by atomic mass is 10.1. The predicted octanol–water partition coefficient (Wildman–Crippen LogP) is 1.74. The molecule has 4 heteroatoms. The summed E-state index contributed by atoms with van der Waals surface area (Å²) in [6.07, 6.45) is 6.29. The van der Waals surface area contributed by atoms with Crippen molar-refractivity contribution in [3.8, 4) is 0 Å². The van der Waals surface area contributed by atoms with Crippen molar-refractivity contribution in [1.29, 1.82) is 0 Å². The predicted molar refractivity (Wildman–Crippen MR) is 61.8 cm³/mol. The Morgan fingerprint density at radius 2 is 2.38 bits per heavy atom. The first-order valence-corrected chi connectivity index (χ1v) is 5.99. The molecule has 2 rings (SSSR count). The first-order chi connectivity index (χ1) is 7.81. The molecular weight excluding hydrogens is 202 g/mol. The molecule has 1 aromatic heterocycles. The van der Waals surface area contributed by atoms with Gasteiger partial charge in [0.1, 0.15) is 6.61 Å². The van der Waals surface area contributed by atoms with Crippen molar-refractivity contribution in [2.45, 2.75) is 45.3 Å². The molecule has 2 N–H and O–H groups in total. The molecule has 0 saturated carbocycles. The van der Waals surface area contributed by atoms with Crippen molar-refractivity contribution in [3.05, 3.63) is 23.3 Å². The average molecular weight is 221 g/mol. The second-order valence-corrected chi connectivity index (χ2v) is 4.18. The van der Waals surface area contributed by atoms with Crippen LogP contribution in [0.5, 0.6) is 0 Å². The van der Waals surface area contributed by atoms with E-state index in [1.165, 1.54) is 12.8 Å². The third kappa shape index (κ3) is 2.57. The van der Waals surface area contributed by atoms with Gasteiger partial charge in [0, 0.05) is 30.1 Å². The molecule has 0 saturated heterocycles. The smallest absolute Gasteiger partial charge is 0.154 e. The maximum atomic E-state index is 6.09. The summed E-state index contributed by atoms with van der Waals surface area (Å²) in [4.78, 5) is 8.85. The van der Waals surface area contributed by atoms with Gasteiger partial charge < -0.3 is 10.5 Å². The minimum absolute atomic E-state index is 0.110. The van der Waals surface area contributed by atoms with Crippen LogP contribution in [0.25, 0.3) is 0 Å². The Hall–Kier alpha value is -1.00. The van der Waals surface area contributed by atoms with Gasteiger partial charge in [0.05, 0.1) is 0 Å². The van der Waals surface area contributed by atoms with Gasteiger partial charge in [-0.1, -0.05) is 6.42 Å². The summed E-state index contributed by atoms with van der Waals surface area (Å²) in [5, 5.41) is 0. The van der Waals surface area contributed by atoms with Crippen molar-refractivity contribution in [2.24, 2.45) is 5.73 Å². The van der Waals surface area contributed by atoms with E-state index in [2.05, 4.69) is 9.97 Å². The lowest BCUT2D eigenvalue weighted by Gasteiger charge is -2.12. The van der Waals surface area contributed by atoms with Crippen LogP contribution in [-0.4, -0.2) is 16.6 Å². The Morgan fingerprint density at radius 1 is 1.50 bits per heavy atom. The number of nitrogens with zero attached hydrogens (tertiary/aromatic N) is 2. The summed E-state index contributed by atoms with van der Waals surface area (Å²) in [7, 11) is 0. The number of aryl methyl sites for hydroxylation is 1. The number of nitrogens with two attached hydrogens (primary N) is 1. The van der Waals surface area contributed by atoms with E-state index >= 15 is 0 Å². The van der Waals surface area contributed by atoms with E-state index in [4.69, 9.17) is 10.5 Å². The van der Waals surface area contributed by atoms with E-state index in [9.17, 15) is 0 Å². The molecule has 1 aromatic rings. The third-order valence-electron chi connectivity index (χ3n) is 2.96. The molecule has 0 aromatic carbocycles. The lowest BCUT2D eigenvalue weighted by molar-refractivity contribution is 0.128. The van der Waals surface area contributed by atoms with Gasteiger partial charge in [-0.3, -0.25) is 0 Å². The van der Waals surface area contributed by atoms with Gasteiger partial charge in [-0.05, 0) is 26.2 Å². The van der Waals surface area contributed by atoms with Gasteiger partial charge in [0.15, 0.2) is 5.82 Å². The fourth-order valence-electron chi connectivity index (χ4n) is 2.05. The highest BCUT2D eigenvalue weighted by Gasteiger charge is 2.17. The van der Waals surface area contributed by atoms with Crippen molar-refractivity contribution in [3.63, 3.8) is 0 Å². The standard InChI is InChI=1S/C12H19N3O/c1-2-16-8-12-14-7-9-10(13)5-3-4-6-11(9)15-12/h7,10H,2-6,8,13H2,1H3. The number of rotatable bonds is 3. The fraction of sp³-hybridized carbons (Fsp3) is 0.667. The van der Waals surface area contributed by atoms with Crippen LogP contribution in [0.1, 0.15) is 49.3 Å². The summed E-state index contributed by atoms with van der Waals surface area (Å²) in [5.74, 6) is 0.773. The first kappa shape index (κ1) is 11.5. The molecule has 1 aliphatic rings. The monoisotopic (exact) mass is 221 g/mol. The molecule has 0 radical (unpaired) electrons. The lowest BCUT2D eigenvalue weighted by Crippen LogP contribution is -2.13. The SMILES string of the molecule is CCOCc1ncc2c(n1)CCCCC2N. The number of ether oxygens (including phenoxy) is 1. The van der Waals surface area contributed by atoms with Gasteiger partial charge in [0.2, 0.25) is 0 Å². The molecule has 4 nitrogen and oxygen atoms in total. The average Bonchev–Trinajstić information content (AvgIpc) is 2.49. The molecule has 0 aliphatic heterocycles. The minimum Gasteiger partial charge on any atom is -0.374 e. The van der Waals surface area contributed by atoms with Gasteiger partial charge in [-0.25, -0.2) is 9.97 Å². The summed E-state index contributed by atoms with van der Waals surface area (Å²) >= 11 is 0. The highest BCUT2D eigenvalue weighted by Crippen LogP contribution is 2.24. The molecule has 1 atom stereocenters. The van der Waals surface area contributed by atoms with E-state index in [1.807, 2.05) is 13.1 Å². The zero-order valence-electron chi connectivity index (χ0n) is 9.78. The summed E-state index contributed by atoms with van der Waals surface area (Å²) in [6.45, 7) is 3.17. The molecular formula is C12H19N3O. The maximum absolute atomic E-state index is 6.09. The van der Waals surface area contributed by atoms with Crippen molar-refractivity contribution >= 4 is 0 Å². The number of aromatic nitrogens is 2. The van der Waals surface area contributed by atoms with Gasteiger partial charge in [-0.2, -0.15) is 0 Å². The largest absolute Gasteiger partial charge is 0.374 e. The number of fused-ring (bicyclic) bond motifs is 1. The second kappa shape index (κ2) is 5.37. The van der Waals surface area contributed by atoms with Gasteiger partial charge in [0.25, 0.3) is 0 Å². The van der Waals surface area contributed by atoms with E-state index in [0.717, 1.165) is 29.9 Å². The van der Waals surface area contributed by atoms with Crippen LogP contribution in [0.3, 0.4) is 0 Å². The minimum atomic E-state index is 0.110. The Morgan fingerprint density at radius 3 is 3.19 bits per heavy atom. The molecule has 1 heterocycles. The molecule has 1 unspecified atom stereocenters. The highest BCUT2D eigenvalue weighted by molar-refractivity contribution is 5.22. The summed E-state index contributed by atoms with van der Waals surface area (Å²) in [6, 6.07) is 0.110. The van der Waals surface area contributed by atoms with E-state index < -0.39 is 0 Å². The molecule has 1 aliphatic carbocycles. The van der Waals surface area contributed by atoms with Crippen LogP contribution in [0, 0.1) is 0 Å². The zero-order chi connectivity index (χ0) is 11.4. The Labute approximate surface area is 96.2 Å². The normalized spacial score (nSPS) is 20.2. The van der Waals surface area contributed by atoms with Crippen LogP contribution >= 0.6 is 0 Å². The zero-order valence-corrected chi connectivity index (χ0v) is 9.78. The van der Waals surface area contributed by atoms with Crippen LogP contribution in [0.2, 0.25) is 0 Å². The molecule has 88 valence electrons. The molecule has 0 fully saturated rings. The van der Waals surface area contributed by atoms with Crippen molar-refractivity contribution in [2.75, 3.05) is 6.61 Å². The Balaban J connectivity index is 2.19. The first-order valence-electron chi connectivity index (χ1n) is 5.99. The molecule has 16 heavy (non-hydrogen) atoms. The van der Waals surface area contributed by atoms with E-state index in [-0.39, 0.29) is 6.04 Å². The Kier molecular flexibility index (Phi) is 3.85. The summed E-state index contributed by atoms with van der Waals surface area (Å²) < 4.78 is 5.31. The van der Waals surface area contributed by atoms with Crippen LogP contribution < -0.4 is 5.73 Å². The van der Waals surface area contributed by atoms with Crippen LogP contribution in [0.4, 0.5) is 0 Å². The quantitative estimate of drug-likeness (QED) is 0.790. The Bertz CT molecular complexity index is 354. The van der Waals surface area contributed by atoms with Gasteiger partial charge in [-0.15, -0.1) is 0 Å². The third-order valence-corrected chi connectivity index (χ3v) is 2.96. The topological polar surface area (TPSA) is 61.0 Å². The number of hydrogen-bond donors (Lipinski definition) is 1. The fourth-order valence-corrected chi connectivity index (χ4v) is 2.05. The van der Waals surface area contributed by atoms with Crippen LogP contribution in [-0.2, 0) is 17.8 Å². The van der Waals surface area contributed by atoms with Gasteiger partial charge >= 0.3 is 0 Å². The number of hydrogen-bond acceptors (Lipinski definition) is 4. The molecule has 0 spiro atoms. The van der Waals surface area contributed by atoms with E-state index in [1.54, 1.807) is 0 Å². The molecule has 0 amide bonds. The summed E-state index contributed by atoms with van der Waals surface area (Å²) in [5.41, 5.74) is 8.33. The second-order valence-electron chi connectivity index (χ2n) is 4.18. The maximum Gasteiger partial charge on any atom is 0.154 e. The van der Waals surface area contributed by atoms with E-state index in [0.29, 0.717) is 13.2 Å². The van der Waals surface area contributed by atoms with Crippen molar-refractivity contribution < 1.29 is 4.74 Å². The van der Waals surface area contributed by atoms with Crippen LogP contribution in [0.15, 0.2) is 6.20 Å². The van der Waals surface area contributed by atoms with Crippen molar-refractivity contribution in [1.82, 2.24) is 9.97 Å². The molecule has 0 bridgehead atoms. The highest BCUT2D eigenvalue weighted by atomic mass is 16.5.